The molecule has 0 aromatic heterocycles. The largest absolute Gasteiger partial charge is 0.478 e. The lowest BCUT2D eigenvalue weighted by Crippen LogP contribution is -2.27. The average molecular weight is 563 g/mol. The zero-order valence-corrected chi connectivity index (χ0v) is 22.9. The number of carbonyl (C=O) groups is 2. The molecule has 0 radical (unpaired) electrons. The van der Waals surface area contributed by atoms with Crippen LogP contribution >= 0.6 is 23.2 Å². The van der Waals surface area contributed by atoms with E-state index in [1.54, 1.807) is 50.2 Å². The van der Waals surface area contributed by atoms with Gasteiger partial charge in [0.05, 0.1) is 72.0 Å². The molecule has 0 spiro atoms. The molecule has 0 fully saturated rings. The lowest BCUT2D eigenvalue weighted by molar-refractivity contribution is -0.0825. The second-order valence-corrected chi connectivity index (χ2v) is 8.85. The molecular formula is C26H36Cl2O9. The van der Waals surface area contributed by atoms with Gasteiger partial charge in [0.15, 0.2) is 0 Å². The van der Waals surface area contributed by atoms with Gasteiger partial charge in [-0.2, -0.15) is 0 Å². The molecule has 0 bridgehead atoms. The van der Waals surface area contributed by atoms with Crippen molar-refractivity contribution in [2.75, 3.05) is 26.4 Å². The summed E-state index contributed by atoms with van der Waals surface area (Å²) in [5, 5.41) is 35.3. The predicted molar refractivity (Wildman–Crippen MR) is 142 cm³/mol. The fourth-order valence-electron chi connectivity index (χ4n) is 2.32. The van der Waals surface area contributed by atoms with Crippen LogP contribution in [0.3, 0.4) is 0 Å². The van der Waals surface area contributed by atoms with Gasteiger partial charge in [-0.05, 0) is 52.0 Å². The second kappa shape index (κ2) is 19.8. The standard InChI is InChI=1S/C12H26O5.2C7H5ClO2/c1-9(14)6-15-11(3)8-17-12(4)7-16-10(2)5-13;2*8-6-4-2-1-3-5(6)7(9)10/h9-14H,5-8H2,1-4H3;2*1-4H,(H,9,10). The van der Waals surface area contributed by atoms with Crippen molar-refractivity contribution in [1.82, 2.24) is 0 Å². The van der Waals surface area contributed by atoms with Gasteiger partial charge in [-0.1, -0.05) is 47.5 Å². The van der Waals surface area contributed by atoms with E-state index in [0.717, 1.165) is 0 Å². The Morgan fingerprint density at radius 1 is 0.703 bits per heavy atom. The lowest BCUT2D eigenvalue weighted by atomic mass is 10.2. The third-order valence-electron chi connectivity index (χ3n) is 4.32. The zero-order valence-electron chi connectivity index (χ0n) is 21.3. The van der Waals surface area contributed by atoms with Crippen LogP contribution in [-0.2, 0) is 14.2 Å². The van der Waals surface area contributed by atoms with E-state index in [4.69, 9.17) is 57.8 Å². The van der Waals surface area contributed by atoms with Gasteiger partial charge in [-0.3, -0.25) is 0 Å². The number of aliphatic hydroxyl groups excluding tert-OH is 2. The highest BCUT2D eigenvalue weighted by molar-refractivity contribution is 6.33. The molecule has 4 unspecified atom stereocenters. The zero-order chi connectivity index (χ0) is 28.4. The van der Waals surface area contributed by atoms with Crippen LogP contribution in [-0.4, -0.2) is 83.2 Å². The second-order valence-electron chi connectivity index (χ2n) is 8.03. The summed E-state index contributed by atoms with van der Waals surface area (Å²) in [5.74, 6) is -1.99. The topological polar surface area (TPSA) is 143 Å². The number of carboxylic acids is 2. The molecule has 4 atom stereocenters. The Labute approximate surface area is 227 Å². The first-order valence-electron chi connectivity index (χ1n) is 11.5. The van der Waals surface area contributed by atoms with Crippen LogP contribution in [0.5, 0.6) is 0 Å². The number of halogens is 2. The van der Waals surface area contributed by atoms with Crippen LogP contribution in [0.2, 0.25) is 10.0 Å². The molecule has 0 aliphatic carbocycles. The Morgan fingerprint density at radius 3 is 1.35 bits per heavy atom. The van der Waals surface area contributed by atoms with E-state index in [0.29, 0.717) is 19.8 Å². The number of aliphatic hydroxyl groups is 2. The highest BCUT2D eigenvalue weighted by atomic mass is 35.5. The number of rotatable bonds is 12. The highest BCUT2D eigenvalue weighted by Gasteiger charge is 2.10. The van der Waals surface area contributed by atoms with Crippen molar-refractivity contribution in [3.05, 3.63) is 69.7 Å². The summed E-state index contributed by atoms with van der Waals surface area (Å²) in [5.41, 5.74) is 0.285. The molecule has 11 heteroatoms. The Balaban J connectivity index is 0.000000555. The highest BCUT2D eigenvalue weighted by Crippen LogP contribution is 2.14. The first-order chi connectivity index (χ1) is 17.4. The third kappa shape index (κ3) is 17.0. The molecule has 0 saturated heterocycles. The van der Waals surface area contributed by atoms with E-state index in [1.165, 1.54) is 12.1 Å². The van der Waals surface area contributed by atoms with Gasteiger partial charge in [0.1, 0.15) is 0 Å². The van der Waals surface area contributed by atoms with E-state index in [9.17, 15) is 9.59 Å². The lowest BCUT2D eigenvalue weighted by Gasteiger charge is -2.19. The molecule has 0 aliphatic rings. The maximum absolute atomic E-state index is 10.3. The number of carboxylic acid groups (broad SMARTS) is 2. The molecule has 2 rings (SSSR count). The van der Waals surface area contributed by atoms with Gasteiger partial charge in [0.25, 0.3) is 0 Å². The van der Waals surface area contributed by atoms with Crippen LogP contribution in [0.4, 0.5) is 0 Å². The Morgan fingerprint density at radius 2 is 1.05 bits per heavy atom. The number of ether oxygens (including phenoxy) is 3. The molecule has 37 heavy (non-hydrogen) atoms. The Hall–Kier alpha value is -2.24. The van der Waals surface area contributed by atoms with Crippen molar-refractivity contribution >= 4 is 35.1 Å². The summed E-state index contributed by atoms with van der Waals surface area (Å²) in [4.78, 5) is 20.7. The molecule has 0 amide bonds. The molecule has 0 heterocycles. The van der Waals surface area contributed by atoms with E-state index in [-0.39, 0.29) is 46.1 Å². The summed E-state index contributed by atoms with van der Waals surface area (Å²) in [6, 6.07) is 12.7. The molecule has 0 saturated carbocycles. The van der Waals surface area contributed by atoms with Gasteiger partial charge in [-0.15, -0.1) is 0 Å². The number of hydrogen-bond acceptors (Lipinski definition) is 7. The molecular weight excluding hydrogens is 527 g/mol. The molecule has 208 valence electrons. The van der Waals surface area contributed by atoms with E-state index in [2.05, 4.69) is 0 Å². The van der Waals surface area contributed by atoms with E-state index < -0.39 is 18.0 Å². The maximum Gasteiger partial charge on any atom is 0.337 e. The predicted octanol–water partition coefficient (Wildman–Crippen LogP) is 4.65. The van der Waals surface area contributed by atoms with Crippen molar-refractivity contribution in [1.29, 1.82) is 0 Å². The van der Waals surface area contributed by atoms with Gasteiger partial charge >= 0.3 is 11.9 Å². The van der Waals surface area contributed by atoms with Crippen molar-refractivity contribution in [3.8, 4) is 0 Å². The minimum atomic E-state index is -0.995. The van der Waals surface area contributed by atoms with Gasteiger partial charge in [0.2, 0.25) is 0 Å². The quantitative estimate of drug-likeness (QED) is 0.290. The SMILES string of the molecule is CC(O)COC(C)COC(C)COC(C)CO.O=C(O)c1ccccc1Cl.O=C(O)c1ccccc1Cl. The monoisotopic (exact) mass is 562 g/mol. The Kier molecular flexibility index (Phi) is 18.6. The number of benzene rings is 2. The maximum atomic E-state index is 10.3. The number of hydrogen-bond donors (Lipinski definition) is 4. The minimum Gasteiger partial charge on any atom is -0.478 e. The van der Waals surface area contributed by atoms with Crippen LogP contribution in [0.15, 0.2) is 48.5 Å². The van der Waals surface area contributed by atoms with Crippen molar-refractivity contribution in [2.45, 2.75) is 52.1 Å². The molecule has 2 aromatic rings. The third-order valence-corrected chi connectivity index (χ3v) is 4.98. The first-order valence-corrected chi connectivity index (χ1v) is 12.2. The van der Waals surface area contributed by atoms with Gasteiger partial charge in [-0.25, -0.2) is 9.59 Å². The van der Waals surface area contributed by atoms with Crippen molar-refractivity contribution in [2.24, 2.45) is 0 Å². The minimum absolute atomic E-state index is 0.0145. The van der Waals surface area contributed by atoms with Crippen LogP contribution in [0, 0.1) is 0 Å². The Bertz CT molecular complexity index is 869. The summed E-state index contributed by atoms with van der Waals surface area (Å²) in [7, 11) is 0. The summed E-state index contributed by atoms with van der Waals surface area (Å²) >= 11 is 11.1. The van der Waals surface area contributed by atoms with Gasteiger partial charge in [0, 0.05) is 0 Å². The molecule has 9 nitrogen and oxygen atoms in total. The summed E-state index contributed by atoms with van der Waals surface area (Å²) < 4.78 is 16.2. The molecule has 4 N–H and O–H groups in total. The van der Waals surface area contributed by atoms with E-state index >= 15 is 0 Å². The molecule has 2 aromatic carbocycles. The van der Waals surface area contributed by atoms with Gasteiger partial charge < -0.3 is 34.6 Å². The first kappa shape index (κ1) is 34.8. The van der Waals surface area contributed by atoms with E-state index in [1.807, 2.05) is 13.8 Å². The summed E-state index contributed by atoms with van der Waals surface area (Å²) in [6.07, 6.45) is -0.711. The smallest absolute Gasteiger partial charge is 0.337 e. The van der Waals surface area contributed by atoms with Crippen LogP contribution in [0.25, 0.3) is 0 Å². The van der Waals surface area contributed by atoms with Crippen molar-refractivity contribution in [3.63, 3.8) is 0 Å². The average Bonchev–Trinajstić information content (AvgIpc) is 2.85. The van der Waals surface area contributed by atoms with Crippen LogP contribution < -0.4 is 0 Å². The van der Waals surface area contributed by atoms with Crippen molar-refractivity contribution < 1.29 is 44.2 Å². The fourth-order valence-corrected chi connectivity index (χ4v) is 2.75. The molecule has 0 aliphatic heterocycles. The normalized spacial score (nSPS) is 13.6. The summed E-state index contributed by atoms with van der Waals surface area (Å²) in [6.45, 7) is 8.53. The fraction of sp³-hybridized carbons (Fsp3) is 0.462. The number of aromatic carboxylic acids is 2. The van der Waals surface area contributed by atoms with Crippen LogP contribution in [0.1, 0.15) is 48.4 Å².